The van der Waals surface area contributed by atoms with Gasteiger partial charge in [0.15, 0.2) is 0 Å². The molecule has 116 valence electrons. The summed E-state index contributed by atoms with van der Waals surface area (Å²) in [4.78, 5) is 11.7. The van der Waals surface area contributed by atoms with Crippen molar-refractivity contribution in [1.29, 1.82) is 0 Å². The van der Waals surface area contributed by atoms with Crippen molar-refractivity contribution < 1.29 is 0 Å². The summed E-state index contributed by atoms with van der Waals surface area (Å²) in [6, 6.07) is 10.1. The Labute approximate surface area is 140 Å². The predicted octanol–water partition coefficient (Wildman–Crippen LogP) is 4.67. The second-order valence-corrected chi connectivity index (χ2v) is 6.56. The average Bonchev–Trinajstić information content (AvgIpc) is 2.78. The summed E-state index contributed by atoms with van der Waals surface area (Å²) in [6.07, 6.45) is 5.07. The normalized spacial score (nSPS) is 15.5. The van der Waals surface area contributed by atoms with Crippen LogP contribution >= 0.6 is 15.9 Å². The lowest BCUT2D eigenvalue weighted by Crippen LogP contribution is -2.26. The van der Waals surface area contributed by atoms with Gasteiger partial charge in [-0.15, -0.1) is 0 Å². The smallest absolute Gasteiger partial charge is 0.227 e. The predicted molar refractivity (Wildman–Crippen MR) is 94.9 cm³/mol. The van der Waals surface area contributed by atoms with Crippen LogP contribution in [0.2, 0.25) is 0 Å². The quantitative estimate of drug-likeness (QED) is 0.863. The Morgan fingerprint density at radius 3 is 2.50 bits per heavy atom. The monoisotopic (exact) mass is 360 g/mol. The van der Waals surface area contributed by atoms with Crippen LogP contribution in [0.1, 0.15) is 31.4 Å². The molecular formula is C17H21BrN4. The Morgan fingerprint density at radius 2 is 1.77 bits per heavy atom. The van der Waals surface area contributed by atoms with Gasteiger partial charge in [0.25, 0.3) is 0 Å². The molecular weight excluding hydrogens is 340 g/mol. The van der Waals surface area contributed by atoms with Gasteiger partial charge in [0.2, 0.25) is 5.95 Å². The highest BCUT2D eigenvalue weighted by Gasteiger charge is 2.14. The lowest BCUT2D eigenvalue weighted by atomic mass is 10.2. The van der Waals surface area contributed by atoms with Gasteiger partial charge in [0.05, 0.1) is 5.69 Å². The van der Waals surface area contributed by atoms with Gasteiger partial charge in [-0.3, -0.25) is 0 Å². The molecule has 1 aliphatic heterocycles. The number of nitrogens with zero attached hydrogens (tertiary/aromatic N) is 3. The number of para-hydroxylation sites is 1. The fraction of sp³-hybridized carbons (Fsp3) is 0.412. The Bertz CT molecular complexity index is 636. The molecule has 0 unspecified atom stereocenters. The first-order chi connectivity index (χ1) is 10.7. The molecule has 22 heavy (non-hydrogen) atoms. The van der Waals surface area contributed by atoms with E-state index in [1.54, 1.807) is 0 Å². The Kier molecular flexibility index (Phi) is 4.93. The SMILES string of the molecule is Cc1cc(Nc2ccccc2Br)nc(N2CCCCCC2)n1. The van der Waals surface area contributed by atoms with Crippen LogP contribution < -0.4 is 10.2 Å². The maximum absolute atomic E-state index is 4.72. The van der Waals surface area contributed by atoms with Crippen molar-refractivity contribution in [2.24, 2.45) is 0 Å². The molecule has 0 spiro atoms. The van der Waals surface area contributed by atoms with Crippen LogP contribution in [0.15, 0.2) is 34.8 Å². The number of benzene rings is 1. The van der Waals surface area contributed by atoms with Crippen molar-refractivity contribution in [2.75, 3.05) is 23.3 Å². The van der Waals surface area contributed by atoms with Gasteiger partial charge >= 0.3 is 0 Å². The molecule has 0 radical (unpaired) electrons. The summed E-state index contributed by atoms with van der Waals surface area (Å²) >= 11 is 3.56. The van der Waals surface area contributed by atoms with Crippen LogP contribution in [-0.2, 0) is 0 Å². The van der Waals surface area contributed by atoms with Crippen molar-refractivity contribution in [2.45, 2.75) is 32.6 Å². The first-order valence-electron chi connectivity index (χ1n) is 7.84. The largest absolute Gasteiger partial charge is 0.341 e. The summed E-state index contributed by atoms with van der Waals surface area (Å²) in [6.45, 7) is 4.13. The first kappa shape index (κ1) is 15.3. The van der Waals surface area contributed by atoms with E-state index in [2.05, 4.69) is 31.1 Å². The zero-order chi connectivity index (χ0) is 15.4. The first-order valence-corrected chi connectivity index (χ1v) is 8.64. The van der Waals surface area contributed by atoms with E-state index in [4.69, 9.17) is 4.98 Å². The van der Waals surface area contributed by atoms with E-state index < -0.39 is 0 Å². The van der Waals surface area contributed by atoms with E-state index in [0.29, 0.717) is 0 Å². The van der Waals surface area contributed by atoms with Crippen molar-refractivity contribution in [1.82, 2.24) is 9.97 Å². The number of aryl methyl sites for hydroxylation is 1. The third kappa shape index (κ3) is 3.77. The summed E-state index contributed by atoms with van der Waals surface area (Å²) < 4.78 is 1.03. The second kappa shape index (κ2) is 7.09. The van der Waals surface area contributed by atoms with Crippen molar-refractivity contribution in [3.63, 3.8) is 0 Å². The molecule has 1 aliphatic rings. The molecule has 3 rings (SSSR count). The van der Waals surface area contributed by atoms with E-state index in [0.717, 1.165) is 40.7 Å². The minimum absolute atomic E-state index is 0.844. The van der Waals surface area contributed by atoms with Gasteiger partial charge in [-0.25, -0.2) is 4.98 Å². The van der Waals surface area contributed by atoms with Crippen LogP contribution in [-0.4, -0.2) is 23.1 Å². The maximum atomic E-state index is 4.72. The highest BCUT2D eigenvalue weighted by atomic mass is 79.9. The van der Waals surface area contributed by atoms with Crippen LogP contribution in [0.25, 0.3) is 0 Å². The minimum atomic E-state index is 0.844. The molecule has 0 bridgehead atoms. The second-order valence-electron chi connectivity index (χ2n) is 5.70. The number of rotatable bonds is 3. The van der Waals surface area contributed by atoms with E-state index >= 15 is 0 Å². The number of aromatic nitrogens is 2. The van der Waals surface area contributed by atoms with Gasteiger partial charge in [0.1, 0.15) is 5.82 Å². The minimum Gasteiger partial charge on any atom is -0.341 e. The van der Waals surface area contributed by atoms with Crippen LogP contribution in [0.3, 0.4) is 0 Å². The van der Waals surface area contributed by atoms with E-state index in [1.807, 2.05) is 37.3 Å². The van der Waals surface area contributed by atoms with Gasteiger partial charge in [-0.2, -0.15) is 4.98 Å². The van der Waals surface area contributed by atoms with Gasteiger partial charge in [-0.05, 0) is 47.8 Å². The zero-order valence-electron chi connectivity index (χ0n) is 12.8. The Hall–Kier alpha value is -1.62. The lowest BCUT2D eigenvalue weighted by molar-refractivity contribution is 0.726. The van der Waals surface area contributed by atoms with Crippen molar-refractivity contribution in [3.8, 4) is 0 Å². The van der Waals surface area contributed by atoms with Gasteiger partial charge in [0, 0.05) is 29.3 Å². The molecule has 0 atom stereocenters. The number of nitrogens with one attached hydrogen (secondary N) is 1. The standard InChI is InChI=1S/C17H21BrN4/c1-13-12-16(20-15-9-5-4-8-14(15)18)21-17(19-13)22-10-6-2-3-7-11-22/h4-5,8-9,12H,2-3,6-7,10-11H2,1H3,(H,19,20,21). The van der Waals surface area contributed by atoms with E-state index in [-0.39, 0.29) is 0 Å². The number of hydrogen-bond donors (Lipinski definition) is 1. The average molecular weight is 361 g/mol. The number of anilines is 3. The summed E-state index contributed by atoms with van der Waals surface area (Å²) in [7, 11) is 0. The number of hydrogen-bond acceptors (Lipinski definition) is 4. The highest BCUT2D eigenvalue weighted by Crippen LogP contribution is 2.26. The molecule has 2 aromatic rings. The van der Waals surface area contributed by atoms with Gasteiger partial charge in [-0.1, -0.05) is 25.0 Å². The summed E-state index contributed by atoms with van der Waals surface area (Å²) in [5.74, 6) is 1.69. The highest BCUT2D eigenvalue weighted by molar-refractivity contribution is 9.10. The molecule has 4 nitrogen and oxygen atoms in total. The molecule has 1 saturated heterocycles. The lowest BCUT2D eigenvalue weighted by Gasteiger charge is -2.21. The molecule has 0 aliphatic carbocycles. The number of halogens is 1. The topological polar surface area (TPSA) is 41.1 Å². The van der Waals surface area contributed by atoms with E-state index in [1.165, 1.54) is 25.7 Å². The maximum Gasteiger partial charge on any atom is 0.227 e. The zero-order valence-corrected chi connectivity index (χ0v) is 14.4. The van der Waals surface area contributed by atoms with E-state index in [9.17, 15) is 0 Å². The molecule has 1 aromatic carbocycles. The molecule has 5 heteroatoms. The van der Waals surface area contributed by atoms with Crippen LogP contribution in [0.5, 0.6) is 0 Å². The summed E-state index contributed by atoms with van der Waals surface area (Å²) in [5.41, 5.74) is 2.01. The molecule has 1 fully saturated rings. The van der Waals surface area contributed by atoms with Crippen LogP contribution in [0, 0.1) is 6.92 Å². The van der Waals surface area contributed by atoms with Crippen LogP contribution in [0.4, 0.5) is 17.5 Å². The third-order valence-corrected chi connectivity index (χ3v) is 4.56. The summed E-state index contributed by atoms with van der Waals surface area (Å²) in [5, 5.41) is 3.38. The van der Waals surface area contributed by atoms with Crippen molar-refractivity contribution >= 4 is 33.4 Å². The molecule has 1 aromatic heterocycles. The molecule has 0 amide bonds. The Morgan fingerprint density at radius 1 is 1.05 bits per heavy atom. The Balaban J connectivity index is 1.84. The molecule has 1 N–H and O–H groups in total. The molecule has 0 saturated carbocycles. The fourth-order valence-corrected chi connectivity index (χ4v) is 3.11. The fourth-order valence-electron chi connectivity index (χ4n) is 2.73. The molecule has 2 heterocycles. The van der Waals surface area contributed by atoms with Crippen molar-refractivity contribution in [3.05, 3.63) is 40.5 Å². The van der Waals surface area contributed by atoms with Gasteiger partial charge < -0.3 is 10.2 Å². The third-order valence-electron chi connectivity index (χ3n) is 3.87.